The quantitative estimate of drug-likeness (QED) is 0.938. The average Bonchev–Trinajstić information content (AvgIpc) is 2.54. The van der Waals surface area contributed by atoms with Gasteiger partial charge in [0.2, 0.25) is 5.91 Å². The number of morpholine rings is 1. The predicted molar refractivity (Wildman–Crippen MR) is 88.8 cm³/mol. The molecule has 1 atom stereocenters. The van der Waals surface area contributed by atoms with Gasteiger partial charge in [-0.2, -0.15) is 0 Å². The summed E-state index contributed by atoms with van der Waals surface area (Å²) in [6, 6.07) is 9.68. The van der Waals surface area contributed by atoms with E-state index in [0.717, 1.165) is 11.4 Å². The van der Waals surface area contributed by atoms with Gasteiger partial charge in [0.25, 0.3) is 0 Å². The van der Waals surface area contributed by atoms with Gasteiger partial charge in [-0.1, -0.05) is 12.1 Å². The SMILES string of the molecule is Cc1cc(N)cc([C@H]2CN(C(=O)Cc3cccc(F)c3)CCO2)n1. The van der Waals surface area contributed by atoms with Gasteiger partial charge in [0.1, 0.15) is 11.9 Å². The lowest BCUT2D eigenvalue weighted by Gasteiger charge is -2.33. The summed E-state index contributed by atoms with van der Waals surface area (Å²) in [7, 11) is 0. The molecule has 0 aliphatic carbocycles. The Bertz CT molecular complexity index is 731. The van der Waals surface area contributed by atoms with E-state index in [1.807, 2.05) is 6.92 Å². The third kappa shape index (κ3) is 3.89. The first kappa shape index (κ1) is 16.4. The standard InChI is InChI=1S/C18H20FN3O2/c1-12-7-15(20)10-16(21-12)17-11-22(5-6-24-17)18(23)9-13-3-2-4-14(19)8-13/h2-4,7-8,10,17H,5-6,9,11H2,1H3,(H2,20,21)/t17-/m1/s1. The van der Waals surface area contributed by atoms with Crippen LogP contribution >= 0.6 is 0 Å². The first-order chi connectivity index (χ1) is 11.5. The fourth-order valence-corrected chi connectivity index (χ4v) is 2.87. The molecule has 2 heterocycles. The van der Waals surface area contributed by atoms with Crippen LogP contribution in [0.4, 0.5) is 10.1 Å². The molecule has 0 bridgehead atoms. The molecule has 0 unspecified atom stereocenters. The molecule has 1 saturated heterocycles. The number of aromatic nitrogens is 1. The smallest absolute Gasteiger partial charge is 0.227 e. The van der Waals surface area contributed by atoms with E-state index in [4.69, 9.17) is 10.5 Å². The molecule has 6 heteroatoms. The molecule has 24 heavy (non-hydrogen) atoms. The van der Waals surface area contributed by atoms with E-state index in [0.29, 0.717) is 30.9 Å². The molecule has 0 spiro atoms. The van der Waals surface area contributed by atoms with Crippen molar-refractivity contribution >= 4 is 11.6 Å². The van der Waals surface area contributed by atoms with E-state index < -0.39 is 0 Å². The van der Waals surface area contributed by atoms with Crippen molar-refractivity contribution in [1.29, 1.82) is 0 Å². The molecular formula is C18H20FN3O2. The van der Waals surface area contributed by atoms with E-state index in [9.17, 15) is 9.18 Å². The zero-order valence-corrected chi connectivity index (χ0v) is 13.5. The van der Waals surface area contributed by atoms with Crippen LogP contribution in [-0.4, -0.2) is 35.5 Å². The van der Waals surface area contributed by atoms with Crippen LogP contribution in [0.3, 0.4) is 0 Å². The van der Waals surface area contributed by atoms with Gasteiger partial charge in [-0.3, -0.25) is 9.78 Å². The Morgan fingerprint density at radius 1 is 1.42 bits per heavy atom. The van der Waals surface area contributed by atoms with Crippen LogP contribution in [0.5, 0.6) is 0 Å². The maximum absolute atomic E-state index is 13.3. The minimum atomic E-state index is -0.334. The summed E-state index contributed by atoms with van der Waals surface area (Å²) in [6.07, 6.45) is -0.120. The van der Waals surface area contributed by atoms with E-state index in [1.165, 1.54) is 12.1 Å². The number of carbonyl (C=O) groups excluding carboxylic acids is 1. The Kier molecular flexibility index (Phi) is 4.76. The van der Waals surface area contributed by atoms with Crippen LogP contribution in [0.2, 0.25) is 0 Å². The molecule has 1 aromatic heterocycles. The molecule has 2 N–H and O–H groups in total. The fraction of sp³-hybridized carbons (Fsp3) is 0.333. The molecule has 1 aliphatic rings. The largest absolute Gasteiger partial charge is 0.399 e. The highest BCUT2D eigenvalue weighted by molar-refractivity contribution is 5.79. The topological polar surface area (TPSA) is 68.5 Å². The van der Waals surface area contributed by atoms with Crippen LogP contribution in [-0.2, 0) is 16.0 Å². The highest BCUT2D eigenvalue weighted by Crippen LogP contribution is 2.23. The van der Waals surface area contributed by atoms with Crippen molar-refractivity contribution in [3.63, 3.8) is 0 Å². The monoisotopic (exact) mass is 329 g/mol. The minimum Gasteiger partial charge on any atom is -0.399 e. The van der Waals surface area contributed by atoms with Gasteiger partial charge in [0.15, 0.2) is 0 Å². The summed E-state index contributed by atoms with van der Waals surface area (Å²) in [5, 5.41) is 0. The van der Waals surface area contributed by atoms with Crippen LogP contribution in [0.25, 0.3) is 0 Å². The van der Waals surface area contributed by atoms with Gasteiger partial charge >= 0.3 is 0 Å². The zero-order chi connectivity index (χ0) is 17.1. The van der Waals surface area contributed by atoms with Crippen molar-refractivity contribution in [2.45, 2.75) is 19.4 Å². The van der Waals surface area contributed by atoms with Crippen LogP contribution < -0.4 is 5.73 Å². The Balaban J connectivity index is 1.69. The van der Waals surface area contributed by atoms with Gasteiger partial charge in [0.05, 0.1) is 25.3 Å². The molecule has 3 rings (SSSR count). The fourth-order valence-electron chi connectivity index (χ4n) is 2.87. The third-order valence-electron chi connectivity index (χ3n) is 3.99. The summed E-state index contributed by atoms with van der Waals surface area (Å²) in [6.45, 7) is 3.25. The summed E-state index contributed by atoms with van der Waals surface area (Å²) < 4.78 is 19.0. The van der Waals surface area contributed by atoms with Crippen LogP contribution in [0, 0.1) is 12.7 Å². The van der Waals surface area contributed by atoms with Crippen molar-refractivity contribution < 1.29 is 13.9 Å². The Labute approximate surface area is 140 Å². The number of pyridine rings is 1. The van der Waals surface area contributed by atoms with E-state index in [-0.39, 0.29) is 24.2 Å². The maximum Gasteiger partial charge on any atom is 0.227 e. The number of halogens is 1. The number of rotatable bonds is 3. The summed E-state index contributed by atoms with van der Waals surface area (Å²) in [4.78, 5) is 18.7. The number of benzene rings is 1. The molecular weight excluding hydrogens is 309 g/mol. The number of nitrogens with two attached hydrogens (primary N) is 1. The van der Waals surface area contributed by atoms with Crippen molar-refractivity contribution in [2.24, 2.45) is 0 Å². The summed E-state index contributed by atoms with van der Waals surface area (Å²) >= 11 is 0. The second-order valence-electron chi connectivity index (χ2n) is 5.97. The average molecular weight is 329 g/mol. The molecule has 2 aromatic rings. The van der Waals surface area contributed by atoms with Crippen molar-refractivity contribution in [2.75, 3.05) is 25.4 Å². The molecule has 126 valence electrons. The highest BCUT2D eigenvalue weighted by atomic mass is 19.1. The number of nitrogen functional groups attached to an aromatic ring is 1. The number of hydrogen-bond acceptors (Lipinski definition) is 4. The number of nitrogens with zero attached hydrogens (tertiary/aromatic N) is 2. The molecule has 1 amide bonds. The van der Waals surface area contributed by atoms with Gasteiger partial charge in [-0.15, -0.1) is 0 Å². The lowest BCUT2D eigenvalue weighted by atomic mass is 10.1. The van der Waals surface area contributed by atoms with Crippen LogP contribution in [0.1, 0.15) is 23.1 Å². The predicted octanol–water partition coefficient (Wildman–Crippen LogP) is 2.25. The summed E-state index contributed by atoms with van der Waals surface area (Å²) in [5.74, 6) is -0.380. The van der Waals surface area contributed by atoms with Crippen molar-refractivity contribution in [3.8, 4) is 0 Å². The van der Waals surface area contributed by atoms with Crippen LogP contribution in [0.15, 0.2) is 36.4 Å². The second-order valence-corrected chi connectivity index (χ2v) is 5.97. The van der Waals surface area contributed by atoms with Gasteiger partial charge in [-0.05, 0) is 36.8 Å². The van der Waals surface area contributed by atoms with E-state index in [2.05, 4.69) is 4.98 Å². The van der Waals surface area contributed by atoms with Gasteiger partial charge in [0, 0.05) is 17.9 Å². The lowest BCUT2D eigenvalue weighted by Crippen LogP contribution is -2.43. The normalized spacial score (nSPS) is 17.8. The number of carbonyl (C=O) groups is 1. The number of aryl methyl sites for hydroxylation is 1. The maximum atomic E-state index is 13.3. The Morgan fingerprint density at radius 3 is 3.00 bits per heavy atom. The highest BCUT2D eigenvalue weighted by Gasteiger charge is 2.26. The molecule has 0 saturated carbocycles. The molecule has 1 aromatic carbocycles. The number of amides is 1. The minimum absolute atomic E-state index is 0.0467. The third-order valence-corrected chi connectivity index (χ3v) is 3.99. The number of hydrogen-bond donors (Lipinski definition) is 1. The Morgan fingerprint density at radius 2 is 2.25 bits per heavy atom. The lowest BCUT2D eigenvalue weighted by molar-refractivity contribution is -0.138. The molecule has 5 nitrogen and oxygen atoms in total. The Hall–Kier alpha value is -2.47. The zero-order valence-electron chi connectivity index (χ0n) is 13.5. The van der Waals surface area contributed by atoms with Crippen molar-refractivity contribution in [1.82, 2.24) is 9.88 Å². The molecule has 0 radical (unpaired) electrons. The first-order valence-electron chi connectivity index (χ1n) is 7.89. The number of anilines is 1. The van der Waals surface area contributed by atoms with E-state index in [1.54, 1.807) is 29.2 Å². The van der Waals surface area contributed by atoms with Gasteiger partial charge in [-0.25, -0.2) is 4.39 Å². The van der Waals surface area contributed by atoms with Gasteiger partial charge < -0.3 is 15.4 Å². The number of ether oxygens (including phenoxy) is 1. The molecule has 1 fully saturated rings. The van der Waals surface area contributed by atoms with Crippen molar-refractivity contribution in [3.05, 3.63) is 59.2 Å². The molecule has 1 aliphatic heterocycles. The second kappa shape index (κ2) is 6.97. The van der Waals surface area contributed by atoms with E-state index >= 15 is 0 Å². The summed E-state index contributed by atoms with van der Waals surface area (Å²) in [5.41, 5.74) is 8.71. The first-order valence-corrected chi connectivity index (χ1v) is 7.89.